The van der Waals surface area contributed by atoms with E-state index in [0.717, 1.165) is 23.8 Å². The van der Waals surface area contributed by atoms with Gasteiger partial charge in [-0.15, -0.1) is 10.2 Å². The van der Waals surface area contributed by atoms with Crippen molar-refractivity contribution in [1.29, 1.82) is 0 Å². The van der Waals surface area contributed by atoms with Crippen LogP contribution in [-0.2, 0) is 20.2 Å². The van der Waals surface area contributed by atoms with Gasteiger partial charge in [0.1, 0.15) is 16.3 Å². The molecule has 0 aliphatic carbocycles. The number of rotatable bonds is 5. The molecule has 2 amide bonds. The van der Waals surface area contributed by atoms with Crippen LogP contribution >= 0.6 is 0 Å². The number of anilines is 1. The highest BCUT2D eigenvalue weighted by atomic mass is 32.2. The van der Waals surface area contributed by atoms with E-state index < -0.39 is 41.7 Å². The Labute approximate surface area is 154 Å². The molecule has 0 spiro atoms. The van der Waals surface area contributed by atoms with E-state index in [0.29, 0.717) is 0 Å². The summed E-state index contributed by atoms with van der Waals surface area (Å²) in [5.74, 6) is 0. The standard InChI is InChI=1S/C14H14N4O7S2/c1-8-2-4-10(11(6-8)16-14(15)19)17-18-12-7-9(26(20,21)22)3-5-13(12)27(23,24)25/h2-7H,1H3,(H3,15,16,19)(H,20,21,22)(H,23,24,25). The van der Waals surface area contributed by atoms with Crippen LogP contribution in [0, 0.1) is 6.92 Å². The fourth-order valence-electron chi connectivity index (χ4n) is 2.03. The first kappa shape index (κ1) is 20.4. The minimum absolute atomic E-state index is 0.0814. The molecule has 144 valence electrons. The number of nitrogens with one attached hydrogen (secondary N) is 1. The predicted molar refractivity (Wildman–Crippen MR) is 94.6 cm³/mol. The summed E-state index contributed by atoms with van der Waals surface area (Å²) >= 11 is 0. The maximum atomic E-state index is 11.5. The summed E-state index contributed by atoms with van der Waals surface area (Å²) in [6, 6.07) is 5.98. The Hall–Kier alpha value is -2.87. The van der Waals surface area contributed by atoms with Gasteiger partial charge >= 0.3 is 6.03 Å². The Bertz CT molecular complexity index is 1140. The fraction of sp³-hybridized carbons (Fsp3) is 0.0714. The van der Waals surface area contributed by atoms with Gasteiger partial charge in [-0.1, -0.05) is 6.07 Å². The smallest absolute Gasteiger partial charge is 0.316 e. The molecule has 0 aromatic heterocycles. The van der Waals surface area contributed by atoms with E-state index in [9.17, 15) is 26.2 Å². The van der Waals surface area contributed by atoms with Gasteiger partial charge in [0.15, 0.2) is 0 Å². The quantitative estimate of drug-likeness (QED) is 0.426. The zero-order valence-electron chi connectivity index (χ0n) is 13.7. The minimum atomic E-state index is -4.76. The molecule has 0 unspecified atom stereocenters. The van der Waals surface area contributed by atoms with Gasteiger partial charge in [-0.2, -0.15) is 16.8 Å². The van der Waals surface area contributed by atoms with E-state index >= 15 is 0 Å². The van der Waals surface area contributed by atoms with Gasteiger partial charge in [0.05, 0.1) is 10.6 Å². The number of hydrogen-bond donors (Lipinski definition) is 4. The molecule has 11 nitrogen and oxygen atoms in total. The normalized spacial score (nSPS) is 12.3. The van der Waals surface area contributed by atoms with Gasteiger partial charge in [0.2, 0.25) is 0 Å². The number of hydrogen-bond acceptors (Lipinski definition) is 7. The molecule has 2 aromatic carbocycles. The summed E-state index contributed by atoms with van der Waals surface area (Å²) in [6.07, 6.45) is 0. The SMILES string of the molecule is Cc1ccc(N=Nc2cc(S(=O)(=O)O)ccc2S(=O)(=O)O)c(NC(N)=O)c1. The van der Waals surface area contributed by atoms with Gasteiger partial charge in [-0.05, 0) is 42.8 Å². The van der Waals surface area contributed by atoms with E-state index in [2.05, 4.69) is 15.5 Å². The molecule has 0 saturated carbocycles. The van der Waals surface area contributed by atoms with Gasteiger partial charge in [0.25, 0.3) is 20.2 Å². The number of nitrogens with zero attached hydrogens (tertiary/aromatic N) is 2. The number of urea groups is 1. The third-order valence-electron chi connectivity index (χ3n) is 3.18. The molecule has 0 atom stereocenters. The highest BCUT2D eigenvalue weighted by molar-refractivity contribution is 7.86. The second-order valence-corrected chi connectivity index (χ2v) is 8.10. The average Bonchev–Trinajstić information content (AvgIpc) is 2.51. The maximum Gasteiger partial charge on any atom is 0.316 e. The monoisotopic (exact) mass is 414 g/mol. The zero-order valence-corrected chi connectivity index (χ0v) is 15.3. The van der Waals surface area contributed by atoms with Crippen molar-refractivity contribution in [3.63, 3.8) is 0 Å². The van der Waals surface area contributed by atoms with Crippen LogP contribution in [0.5, 0.6) is 0 Å². The van der Waals surface area contributed by atoms with Crippen molar-refractivity contribution >= 4 is 43.3 Å². The van der Waals surface area contributed by atoms with Gasteiger partial charge in [0, 0.05) is 0 Å². The van der Waals surface area contributed by atoms with Crippen LogP contribution in [0.3, 0.4) is 0 Å². The molecule has 0 heterocycles. The number of azo groups is 1. The summed E-state index contributed by atoms with van der Waals surface area (Å²) < 4.78 is 63.7. The van der Waals surface area contributed by atoms with Crippen molar-refractivity contribution in [3.05, 3.63) is 42.0 Å². The Morgan fingerprint density at radius 1 is 0.963 bits per heavy atom. The Balaban J connectivity index is 2.61. The summed E-state index contributed by atoms with van der Waals surface area (Å²) in [5, 5.41) is 9.72. The van der Waals surface area contributed by atoms with E-state index in [-0.39, 0.29) is 11.4 Å². The van der Waals surface area contributed by atoms with Gasteiger partial charge < -0.3 is 11.1 Å². The summed E-state index contributed by atoms with van der Waals surface area (Å²) in [6.45, 7) is 1.74. The van der Waals surface area contributed by atoms with E-state index in [1.54, 1.807) is 13.0 Å². The van der Waals surface area contributed by atoms with Crippen LogP contribution in [0.25, 0.3) is 0 Å². The first-order chi connectivity index (χ1) is 12.4. The Morgan fingerprint density at radius 2 is 1.59 bits per heavy atom. The molecular formula is C14H14N4O7S2. The van der Waals surface area contributed by atoms with Crippen molar-refractivity contribution in [1.82, 2.24) is 0 Å². The van der Waals surface area contributed by atoms with Crippen molar-refractivity contribution in [3.8, 4) is 0 Å². The molecule has 27 heavy (non-hydrogen) atoms. The van der Waals surface area contributed by atoms with Crippen LogP contribution in [0.1, 0.15) is 5.56 Å². The second-order valence-electron chi connectivity index (χ2n) is 5.29. The molecule has 0 fully saturated rings. The van der Waals surface area contributed by atoms with Crippen LogP contribution in [0.4, 0.5) is 21.9 Å². The zero-order chi connectivity index (χ0) is 20.4. The molecule has 0 aliphatic rings. The van der Waals surface area contributed by atoms with Gasteiger partial charge in [-0.25, -0.2) is 4.79 Å². The summed E-state index contributed by atoms with van der Waals surface area (Å²) in [4.78, 5) is 9.70. The minimum Gasteiger partial charge on any atom is -0.351 e. The Morgan fingerprint density at radius 3 is 2.15 bits per heavy atom. The van der Waals surface area contributed by atoms with E-state index in [1.807, 2.05) is 0 Å². The van der Waals surface area contributed by atoms with Crippen molar-refractivity contribution in [2.24, 2.45) is 16.0 Å². The second kappa shape index (κ2) is 7.40. The maximum absolute atomic E-state index is 11.5. The molecule has 2 rings (SSSR count). The third kappa shape index (κ3) is 5.30. The molecule has 5 N–H and O–H groups in total. The molecule has 13 heteroatoms. The molecular weight excluding hydrogens is 400 g/mol. The van der Waals surface area contributed by atoms with Crippen molar-refractivity contribution in [2.75, 3.05) is 5.32 Å². The number of aryl methyl sites for hydroxylation is 1. The number of amides is 2. The third-order valence-corrected chi connectivity index (χ3v) is 4.93. The van der Waals surface area contributed by atoms with Crippen LogP contribution < -0.4 is 11.1 Å². The molecule has 0 saturated heterocycles. The predicted octanol–water partition coefficient (Wildman–Crippen LogP) is 2.39. The summed E-state index contributed by atoms with van der Waals surface area (Å²) in [7, 11) is -9.41. The van der Waals surface area contributed by atoms with Crippen LogP contribution in [0.2, 0.25) is 0 Å². The van der Waals surface area contributed by atoms with Crippen molar-refractivity contribution in [2.45, 2.75) is 16.7 Å². The fourth-order valence-corrected chi connectivity index (χ4v) is 3.14. The number of carbonyl (C=O) groups is 1. The highest BCUT2D eigenvalue weighted by Gasteiger charge is 2.20. The van der Waals surface area contributed by atoms with Crippen LogP contribution in [0.15, 0.2) is 56.4 Å². The number of carbonyl (C=O) groups excluding carboxylic acids is 1. The van der Waals surface area contributed by atoms with E-state index in [1.165, 1.54) is 12.1 Å². The first-order valence-corrected chi connectivity index (χ1v) is 9.94. The summed E-state index contributed by atoms with van der Waals surface area (Å²) in [5.41, 5.74) is 5.53. The van der Waals surface area contributed by atoms with E-state index in [4.69, 9.17) is 10.3 Å². The topological polar surface area (TPSA) is 189 Å². The first-order valence-electron chi connectivity index (χ1n) is 7.06. The lowest BCUT2D eigenvalue weighted by Crippen LogP contribution is -2.19. The largest absolute Gasteiger partial charge is 0.351 e. The molecule has 0 aliphatic heterocycles. The lowest BCUT2D eigenvalue weighted by Gasteiger charge is -2.07. The molecule has 2 aromatic rings. The molecule has 0 bridgehead atoms. The average molecular weight is 414 g/mol. The number of nitrogens with two attached hydrogens (primary N) is 1. The van der Waals surface area contributed by atoms with Gasteiger partial charge in [-0.3, -0.25) is 9.11 Å². The number of benzene rings is 2. The van der Waals surface area contributed by atoms with Crippen LogP contribution in [-0.4, -0.2) is 32.0 Å². The number of primary amides is 1. The lowest BCUT2D eigenvalue weighted by molar-refractivity contribution is 0.259. The lowest BCUT2D eigenvalue weighted by atomic mass is 10.2. The molecule has 0 radical (unpaired) electrons. The van der Waals surface area contributed by atoms with Crippen molar-refractivity contribution < 1.29 is 30.7 Å². The highest BCUT2D eigenvalue weighted by Crippen LogP contribution is 2.32. The Kier molecular flexibility index (Phi) is 5.60.